The molecule has 1 unspecified atom stereocenters. The molecule has 1 heterocycles. The van der Waals surface area contributed by atoms with E-state index < -0.39 is 0 Å². The Morgan fingerprint density at radius 1 is 1.41 bits per heavy atom. The topological polar surface area (TPSA) is 20.3 Å². The van der Waals surface area contributed by atoms with Crippen molar-refractivity contribution in [2.75, 3.05) is 18.8 Å². The van der Waals surface area contributed by atoms with Gasteiger partial charge in [-0.2, -0.15) is 0 Å². The van der Waals surface area contributed by atoms with Crippen molar-refractivity contribution in [3.05, 3.63) is 30.3 Å². The molecule has 0 aromatic heterocycles. The van der Waals surface area contributed by atoms with Crippen molar-refractivity contribution in [1.82, 2.24) is 4.90 Å². The zero-order chi connectivity index (χ0) is 12.1. The number of halogens is 1. The highest BCUT2D eigenvalue weighted by molar-refractivity contribution is 8.00. The molecule has 1 atom stereocenters. The lowest BCUT2D eigenvalue weighted by Crippen LogP contribution is -2.41. The Morgan fingerprint density at radius 3 is 2.88 bits per heavy atom. The summed E-state index contributed by atoms with van der Waals surface area (Å²) in [6.45, 7) is 1.56. The standard InChI is InChI=1S/C13H16ClNOS/c14-11-5-4-8-15(9-11)13(16)10-17-12-6-2-1-3-7-12/h1-3,6-7,11H,4-5,8-10H2. The maximum absolute atomic E-state index is 12.0. The second-order valence-electron chi connectivity index (χ2n) is 4.18. The second-order valence-corrected chi connectivity index (χ2v) is 5.85. The first kappa shape index (κ1) is 12.8. The Morgan fingerprint density at radius 2 is 2.18 bits per heavy atom. The minimum absolute atomic E-state index is 0.134. The molecule has 92 valence electrons. The summed E-state index contributed by atoms with van der Waals surface area (Å²) >= 11 is 7.66. The normalized spacial score (nSPS) is 20.3. The summed E-state index contributed by atoms with van der Waals surface area (Å²) in [7, 11) is 0. The van der Waals surface area contributed by atoms with Gasteiger partial charge in [-0.25, -0.2) is 0 Å². The average molecular weight is 270 g/mol. The molecule has 1 aliphatic heterocycles. The zero-order valence-electron chi connectivity index (χ0n) is 9.64. The van der Waals surface area contributed by atoms with Gasteiger partial charge in [-0.05, 0) is 25.0 Å². The fraction of sp³-hybridized carbons (Fsp3) is 0.462. The summed E-state index contributed by atoms with van der Waals surface area (Å²) in [5.74, 6) is 0.706. The van der Waals surface area contributed by atoms with E-state index in [4.69, 9.17) is 11.6 Å². The van der Waals surface area contributed by atoms with Gasteiger partial charge in [-0.15, -0.1) is 23.4 Å². The predicted molar refractivity (Wildman–Crippen MR) is 72.6 cm³/mol. The summed E-state index contributed by atoms with van der Waals surface area (Å²) < 4.78 is 0. The van der Waals surface area contributed by atoms with E-state index in [1.807, 2.05) is 35.2 Å². The predicted octanol–water partition coefficient (Wildman–Crippen LogP) is 3.01. The highest BCUT2D eigenvalue weighted by atomic mass is 35.5. The van der Waals surface area contributed by atoms with Crippen LogP contribution in [0.3, 0.4) is 0 Å². The summed E-state index contributed by atoms with van der Waals surface area (Å²) in [5, 5.41) is 0.134. The lowest BCUT2D eigenvalue weighted by Gasteiger charge is -2.29. The Kier molecular flexibility index (Phi) is 4.75. The van der Waals surface area contributed by atoms with E-state index >= 15 is 0 Å². The number of benzene rings is 1. The van der Waals surface area contributed by atoms with E-state index in [0.29, 0.717) is 12.3 Å². The van der Waals surface area contributed by atoms with E-state index in [0.717, 1.165) is 24.3 Å². The van der Waals surface area contributed by atoms with Crippen LogP contribution < -0.4 is 0 Å². The third-order valence-corrected chi connectivity index (χ3v) is 4.18. The molecule has 1 saturated heterocycles. The van der Waals surface area contributed by atoms with Gasteiger partial charge < -0.3 is 4.90 Å². The molecule has 17 heavy (non-hydrogen) atoms. The smallest absolute Gasteiger partial charge is 0.232 e. The van der Waals surface area contributed by atoms with E-state index in [-0.39, 0.29) is 11.3 Å². The molecule has 4 heteroatoms. The number of likely N-dealkylation sites (tertiary alicyclic amines) is 1. The van der Waals surface area contributed by atoms with Crippen LogP contribution >= 0.6 is 23.4 Å². The molecule has 0 bridgehead atoms. The fourth-order valence-electron chi connectivity index (χ4n) is 1.90. The number of carbonyl (C=O) groups is 1. The highest BCUT2D eigenvalue weighted by Crippen LogP contribution is 2.20. The molecular formula is C13H16ClNOS. The number of hydrogen-bond donors (Lipinski definition) is 0. The second kappa shape index (κ2) is 6.31. The molecule has 2 rings (SSSR count). The number of thioether (sulfide) groups is 1. The molecule has 0 aliphatic carbocycles. The largest absolute Gasteiger partial charge is 0.340 e. The molecule has 0 radical (unpaired) electrons. The summed E-state index contributed by atoms with van der Waals surface area (Å²) in [6, 6.07) is 10.0. The van der Waals surface area contributed by atoms with Crippen molar-refractivity contribution < 1.29 is 4.79 Å². The van der Waals surface area contributed by atoms with E-state index in [2.05, 4.69) is 0 Å². The number of hydrogen-bond acceptors (Lipinski definition) is 2. The van der Waals surface area contributed by atoms with E-state index in [1.54, 1.807) is 11.8 Å². The van der Waals surface area contributed by atoms with Gasteiger partial charge in [0, 0.05) is 18.0 Å². The lowest BCUT2D eigenvalue weighted by atomic mass is 10.1. The van der Waals surface area contributed by atoms with Crippen LogP contribution in [-0.4, -0.2) is 35.0 Å². The molecule has 0 saturated carbocycles. The van der Waals surface area contributed by atoms with Crippen molar-refractivity contribution in [3.63, 3.8) is 0 Å². The summed E-state index contributed by atoms with van der Waals surface area (Å²) in [6.07, 6.45) is 2.05. The van der Waals surface area contributed by atoms with Crippen LogP contribution in [0.5, 0.6) is 0 Å². The monoisotopic (exact) mass is 269 g/mol. The molecule has 2 nitrogen and oxygen atoms in total. The third kappa shape index (κ3) is 3.93. The SMILES string of the molecule is O=C(CSc1ccccc1)N1CCCC(Cl)C1. The first-order valence-corrected chi connectivity index (χ1v) is 7.27. The molecule has 1 fully saturated rings. The maximum atomic E-state index is 12.0. The van der Waals surface area contributed by atoms with Crippen LogP contribution in [0.25, 0.3) is 0 Å². The lowest BCUT2D eigenvalue weighted by molar-refractivity contribution is -0.129. The molecule has 0 spiro atoms. The molecule has 1 amide bonds. The molecule has 1 aromatic carbocycles. The van der Waals surface area contributed by atoms with Crippen LogP contribution in [0.2, 0.25) is 0 Å². The fourth-order valence-corrected chi connectivity index (χ4v) is 3.05. The van der Waals surface area contributed by atoms with Crippen molar-refractivity contribution in [2.45, 2.75) is 23.1 Å². The Hall–Kier alpha value is -0.670. The van der Waals surface area contributed by atoms with Crippen molar-refractivity contribution in [1.29, 1.82) is 0 Å². The number of nitrogens with zero attached hydrogens (tertiary/aromatic N) is 1. The quantitative estimate of drug-likeness (QED) is 0.621. The highest BCUT2D eigenvalue weighted by Gasteiger charge is 2.21. The van der Waals surface area contributed by atoms with Gasteiger partial charge in [0.1, 0.15) is 0 Å². The van der Waals surface area contributed by atoms with Crippen LogP contribution in [-0.2, 0) is 4.79 Å². The van der Waals surface area contributed by atoms with Crippen molar-refractivity contribution >= 4 is 29.3 Å². The van der Waals surface area contributed by atoms with Crippen LogP contribution in [0.1, 0.15) is 12.8 Å². The van der Waals surface area contributed by atoms with Gasteiger partial charge in [0.2, 0.25) is 5.91 Å². The minimum atomic E-state index is 0.134. The van der Waals surface area contributed by atoms with Gasteiger partial charge in [-0.1, -0.05) is 18.2 Å². The number of piperidine rings is 1. The van der Waals surface area contributed by atoms with Crippen molar-refractivity contribution in [2.24, 2.45) is 0 Å². The first-order valence-electron chi connectivity index (χ1n) is 5.85. The average Bonchev–Trinajstić information content (AvgIpc) is 2.37. The van der Waals surface area contributed by atoms with Gasteiger partial charge >= 0.3 is 0 Å². The summed E-state index contributed by atoms with van der Waals surface area (Å²) in [5.41, 5.74) is 0. The Labute approximate surface area is 111 Å². The van der Waals surface area contributed by atoms with E-state index in [9.17, 15) is 4.79 Å². The molecular weight excluding hydrogens is 254 g/mol. The number of amides is 1. The van der Waals surface area contributed by atoms with Crippen LogP contribution in [0, 0.1) is 0 Å². The van der Waals surface area contributed by atoms with Gasteiger partial charge in [0.05, 0.1) is 11.1 Å². The maximum Gasteiger partial charge on any atom is 0.232 e. The van der Waals surface area contributed by atoms with Crippen molar-refractivity contribution in [3.8, 4) is 0 Å². The molecule has 0 N–H and O–H groups in total. The number of rotatable bonds is 3. The van der Waals surface area contributed by atoms with Gasteiger partial charge in [0.25, 0.3) is 0 Å². The van der Waals surface area contributed by atoms with Crippen LogP contribution in [0.4, 0.5) is 0 Å². The Bertz CT molecular complexity index is 371. The molecule has 1 aromatic rings. The van der Waals surface area contributed by atoms with Crippen LogP contribution in [0.15, 0.2) is 35.2 Å². The summed E-state index contributed by atoms with van der Waals surface area (Å²) in [4.78, 5) is 15.0. The third-order valence-electron chi connectivity index (χ3n) is 2.82. The van der Waals surface area contributed by atoms with E-state index in [1.165, 1.54) is 0 Å². The zero-order valence-corrected chi connectivity index (χ0v) is 11.2. The minimum Gasteiger partial charge on any atom is -0.340 e. The number of carbonyl (C=O) groups excluding carboxylic acids is 1. The first-order chi connectivity index (χ1) is 8.25. The number of alkyl halides is 1. The van der Waals surface area contributed by atoms with Gasteiger partial charge in [-0.3, -0.25) is 4.79 Å². The van der Waals surface area contributed by atoms with Gasteiger partial charge in [0.15, 0.2) is 0 Å². The Balaban J connectivity index is 1.81. The molecule has 1 aliphatic rings.